The van der Waals surface area contributed by atoms with Gasteiger partial charge in [0.1, 0.15) is 11.4 Å². The Morgan fingerprint density at radius 1 is 1.21 bits per heavy atom. The van der Waals surface area contributed by atoms with Gasteiger partial charge in [0.25, 0.3) is 0 Å². The molecule has 0 aliphatic rings. The molecule has 0 saturated heterocycles. The van der Waals surface area contributed by atoms with E-state index in [0.29, 0.717) is 0 Å². The van der Waals surface area contributed by atoms with Crippen LogP contribution >= 0.6 is 0 Å². The van der Waals surface area contributed by atoms with Gasteiger partial charge in [-0.15, -0.1) is 0 Å². The van der Waals surface area contributed by atoms with Crippen molar-refractivity contribution in [2.75, 3.05) is 0 Å². The highest BCUT2D eigenvalue weighted by atomic mass is 19.4. The molecular formula is C13H16F3NO2. The van der Waals surface area contributed by atoms with E-state index in [2.05, 4.69) is 5.16 Å². The molecule has 0 aliphatic heterocycles. The van der Waals surface area contributed by atoms with E-state index in [1.807, 2.05) is 0 Å². The number of alkyl halides is 3. The van der Waals surface area contributed by atoms with Crippen LogP contribution < -0.4 is 4.74 Å². The summed E-state index contributed by atoms with van der Waals surface area (Å²) in [6.45, 7) is 6.42. The zero-order valence-electron chi connectivity index (χ0n) is 11.2. The van der Waals surface area contributed by atoms with Crippen LogP contribution in [0.3, 0.4) is 0 Å². The Hall–Kier alpha value is -1.72. The number of rotatable bonds is 2. The van der Waals surface area contributed by atoms with Crippen LogP contribution in [0.2, 0.25) is 0 Å². The zero-order chi connectivity index (χ0) is 14.8. The number of oxime groups is 1. The molecule has 3 nitrogen and oxygen atoms in total. The molecule has 0 spiro atoms. The number of ether oxygens (including phenoxy) is 1. The van der Waals surface area contributed by atoms with Gasteiger partial charge >= 0.3 is 6.18 Å². The molecule has 19 heavy (non-hydrogen) atoms. The Morgan fingerprint density at radius 2 is 1.79 bits per heavy atom. The van der Waals surface area contributed by atoms with Gasteiger partial charge < -0.3 is 9.94 Å². The van der Waals surface area contributed by atoms with Crippen LogP contribution in [0.4, 0.5) is 13.2 Å². The van der Waals surface area contributed by atoms with Crippen LogP contribution in [0.25, 0.3) is 0 Å². The molecule has 1 rings (SSSR count). The van der Waals surface area contributed by atoms with Crippen molar-refractivity contribution in [3.05, 3.63) is 29.3 Å². The van der Waals surface area contributed by atoms with Crippen molar-refractivity contribution in [1.82, 2.24) is 0 Å². The second-order valence-electron chi connectivity index (χ2n) is 5.11. The van der Waals surface area contributed by atoms with Crippen molar-refractivity contribution in [3.63, 3.8) is 0 Å². The lowest BCUT2D eigenvalue weighted by molar-refractivity contribution is -0.139. The van der Waals surface area contributed by atoms with Crippen molar-refractivity contribution >= 4 is 5.71 Å². The van der Waals surface area contributed by atoms with E-state index in [9.17, 15) is 13.2 Å². The van der Waals surface area contributed by atoms with Crippen LogP contribution in [0.1, 0.15) is 38.8 Å². The maximum Gasteiger partial charge on any atom is 0.419 e. The second-order valence-corrected chi connectivity index (χ2v) is 5.11. The van der Waals surface area contributed by atoms with Gasteiger partial charge in [-0.1, -0.05) is 5.16 Å². The fourth-order valence-electron chi connectivity index (χ4n) is 1.45. The molecule has 1 aromatic carbocycles. The predicted octanol–water partition coefficient (Wildman–Crippen LogP) is 4.08. The maximum atomic E-state index is 13.0. The van der Waals surface area contributed by atoms with E-state index >= 15 is 0 Å². The molecule has 0 radical (unpaired) electrons. The number of benzene rings is 1. The topological polar surface area (TPSA) is 41.8 Å². The summed E-state index contributed by atoms with van der Waals surface area (Å²) in [6.07, 6.45) is -4.54. The zero-order valence-corrected chi connectivity index (χ0v) is 11.2. The smallest absolute Gasteiger partial charge is 0.419 e. The molecule has 0 unspecified atom stereocenters. The first-order valence-corrected chi connectivity index (χ1v) is 5.64. The summed E-state index contributed by atoms with van der Waals surface area (Å²) in [6, 6.07) is 3.57. The average molecular weight is 275 g/mol. The normalized spacial score (nSPS) is 13.5. The molecule has 0 amide bonds. The first-order valence-electron chi connectivity index (χ1n) is 5.64. The first kappa shape index (κ1) is 15.3. The quantitative estimate of drug-likeness (QED) is 0.502. The van der Waals surface area contributed by atoms with Gasteiger partial charge in [-0.05, 0) is 51.5 Å². The summed E-state index contributed by atoms with van der Waals surface area (Å²) in [5.74, 6) is -0.241. The molecule has 0 atom stereocenters. The van der Waals surface area contributed by atoms with E-state index in [1.165, 1.54) is 19.1 Å². The summed E-state index contributed by atoms with van der Waals surface area (Å²) >= 11 is 0. The highest BCUT2D eigenvalue weighted by Gasteiger charge is 2.35. The van der Waals surface area contributed by atoms with Crippen molar-refractivity contribution in [3.8, 4) is 5.75 Å². The Balaban J connectivity index is 3.34. The fourth-order valence-corrected chi connectivity index (χ4v) is 1.45. The average Bonchev–Trinajstić information content (AvgIpc) is 2.25. The third-order valence-corrected chi connectivity index (χ3v) is 2.27. The van der Waals surface area contributed by atoms with Gasteiger partial charge in [-0.3, -0.25) is 0 Å². The first-order chi connectivity index (χ1) is 8.54. The minimum atomic E-state index is -4.54. The van der Waals surface area contributed by atoms with Crippen LogP contribution in [0.15, 0.2) is 23.4 Å². The lowest BCUT2D eigenvalue weighted by Crippen LogP contribution is -2.25. The van der Waals surface area contributed by atoms with Gasteiger partial charge in [0, 0.05) is 0 Å². The van der Waals surface area contributed by atoms with E-state index in [0.717, 1.165) is 6.07 Å². The summed E-state index contributed by atoms with van der Waals surface area (Å²) < 4.78 is 44.3. The van der Waals surface area contributed by atoms with Gasteiger partial charge in [-0.2, -0.15) is 13.2 Å². The van der Waals surface area contributed by atoms with Gasteiger partial charge in [0.2, 0.25) is 0 Å². The molecule has 0 aromatic heterocycles. The molecule has 1 N–H and O–H groups in total. The van der Waals surface area contributed by atoms with E-state index in [4.69, 9.17) is 9.94 Å². The van der Waals surface area contributed by atoms with E-state index in [1.54, 1.807) is 20.8 Å². The molecule has 0 saturated carbocycles. The Labute approximate surface area is 109 Å². The van der Waals surface area contributed by atoms with E-state index in [-0.39, 0.29) is 17.0 Å². The van der Waals surface area contributed by atoms with Crippen molar-refractivity contribution in [2.45, 2.75) is 39.5 Å². The Morgan fingerprint density at radius 3 is 2.21 bits per heavy atom. The van der Waals surface area contributed by atoms with Crippen molar-refractivity contribution < 1.29 is 23.1 Å². The molecule has 6 heteroatoms. The predicted molar refractivity (Wildman–Crippen MR) is 65.8 cm³/mol. The summed E-state index contributed by atoms with van der Waals surface area (Å²) in [5.41, 5.74) is -1.33. The Kier molecular flexibility index (Phi) is 4.12. The van der Waals surface area contributed by atoms with Crippen molar-refractivity contribution in [2.24, 2.45) is 5.16 Å². The number of hydrogen-bond acceptors (Lipinski definition) is 3. The SMILES string of the molecule is C/C(=N\O)c1ccc(OC(C)(C)C)c(C(F)(F)F)c1. The number of halogens is 3. The largest absolute Gasteiger partial charge is 0.488 e. The maximum absolute atomic E-state index is 13.0. The highest BCUT2D eigenvalue weighted by Crippen LogP contribution is 2.38. The summed E-state index contributed by atoms with van der Waals surface area (Å²) in [4.78, 5) is 0. The monoisotopic (exact) mass is 275 g/mol. The lowest BCUT2D eigenvalue weighted by atomic mass is 10.1. The van der Waals surface area contributed by atoms with Crippen LogP contribution in [0.5, 0.6) is 5.75 Å². The van der Waals surface area contributed by atoms with Crippen molar-refractivity contribution in [1.29, 1.82) is 0 Å². The van der Waals surface area contributed by atoms with Crippen LogP contribution in [-0.2, 0) is 6.18 Å². The molecule has 0 bridgehead atoms. The van der Waals surface area contributed by atoms with Gasteiger partial charge in [-0.25, -0.2) is 0 Å². The molecule has 0 aliphatic carbocycles. The third kappa shape index (κ3) is 4.15. The minimum absolute atomic E-state index is 0.104. The number of nitrogens with zero attached hydrogens (tertiary/aromatic N) is 1. The molecule has 0 fully saturated rings. The standard InChI is InChI=1S/C13H16F3NO2/c1-8(17-18)9-5-6-11(19-12(2,3)4)10(7-9)13(14,15)16/h5-7,18H,1-4H3/b17-8+. The number of hydrogen-bond donors (Lipinski definition) is 1. The molecule has 0 heterocycles. The summed E-state index contributed by atoms with van der Waals surface area (Å²) in [7, 11) is 0. The van der Waals surface area contributed by atoms with Gasteiger partial charge in [0.15, 0.2) is 0 Å². The lowest BCUT2D eigenvalue weighted by Gasteiger charge is -2.24. The molecular weight excluding hydrogens is 259 g/mol. The van der Waals surface area contributed by atoms with Crippen LogP contribution in [-0.4, -0.2) is 16.5 Å². The third-order valence-electron chi connectivity index (χ3n) is 2.27. The Bertz CT molecular complexity index is 488. The molecule has 106 valence electrons. The van der Waals surface area contributed by atoms with E-state index < -0.39 is 17.3 Å². The van der Waals surface area contributed by atoms with Gasteiger partial charge in [0.05, 0.1) is 11.3 Å². The second kappa shape index (κ2) is 5.11. The van der Waals surface area contributed by atoms with Crippen LogP contribution in [0, 0.1) is 0 Å². The fraction of sp³-hybridized carbons (Fsp3) is 0.462. The minimum Gasteiger partial charge on any atom is -0.488 e. The highest BCUT2D eigenvalue weighted by molar-refractivity contribution is 5.98. The summed E-state index contributed by atoms with van der Waals surface area (Å²) in [5, 5.41) is 11.5. The molecule has 1 aromatic rings.